The van der Waals surface area contributed by atoms with E-state index < -0.39 is 17.7 Å². The fraction of sp³-hybridized carbons (Fsp3) is 0.133. The van der Waals surface area contributed by atoms with E-state index in [0.29, 0.717) is 0 Å². The molecule has 0 amide bonds. The highest BCUT2D eigenvalue weighted by Crippen LogP contribution is 2.31. The standard InChI is InChI=1S/C15H12F3N3O2/c1-23-14(22)9-6-7-12(20-8-9)21-13(19)10-4-2-3-5-11(10)15(16,17)18/h2-8H,1H3,(H2,19,20,21). The second kappa shape index (κ2) is 6.47. The van der Waals surface area contributed by atoms with Crippen molar-refractivity contribution in [2.45, 2.75) is 6.18 Å². The molecular formula is C15H12F3N3O2. The molecule has 120 valence electrons. The first-order valence-corrected chi connectivity index (χ1v) is 6.38. The molecule has 0 saturated heterocycles. The van der Waals surface area contributed by atoms with Crippen LogP contribution in [0.2, 0.25) is 0 Å². The lowest BCUT2D eigenvalue weighted by Gasteiger charge is -2.11. The van der Waals surface area contributed by atoms with Gasteiger partial charge in [-0.05, 0) is 18.2 Å². The van der Waals surface area contributed by atoms with Crippen molar-refractivity contribution < 1.29 is 22.7 Å². The van der Waals surface area contributed by atoms with Gasteiger partial charge in [-0.1, -0.05) is 18.2 Å². The van der Waals surface area contributed by atoms with Gasteiger partial charge in [-0.25, -0.2) is 14.8 Å². The SMILES string of the molecule is COC(=O)c1ccc(N=C(N)c2ccccc2C(F)(F)F)nc1. The predicted molar refractivity (Wildman–Crippen MR) is 77.4 cm³/mol. The zero-order valence-corrected chi connectivity index (χ0v) is 12.0. The number of halogens is 3. The summed E-state index contributed by atoms with van der Waals surface area (Å²) in [5, 5.41) is 0. The maximum Gasteiger partial charge on any atom is 0.417 e. The Morgan fingerprint density at radius 2 is 1.91 bits per heavy atom. The van der Waals surface area contributed by atoms with E-state index in [1.165, 1.54) is 43.6 Å². The molecule has 0 atom stereocenters. The molecule has 1 heterocycles. The molecule has 0 unspecified atom stereocenters. The molecular weight excluding hydrogens is 311 g/mol. The molecule has 0 spiro atoms. The first kappa shape index (κ1) is 16.5. The summed E-state index contributed by atoms with van der Waals surface area (Å²) in [4.78, 5) is 19.0. The number of amidine groups is 1. The van der Waals surface area contributed by atoms with E-state index >= 15 is 0 Å². The first-order valence-electron chi connectivity index (χ1n) is 6.38. The average Bonchev–Trinajstić information content (AvgIpc) is 2.54. The van der Waals surface area contributed by atoms with Gasteiger partial charge in [0.05, 0.1) is 18.2 Å². The number of nitrogens with zero attached hydrogens (tertiary/aromatic N) is 2. The molecule has 0 radical (unpaired) electrons. The number of aliphatic imine (C=N–C) groups is 1. The fourth-order valence-electron chi connectivity index (χ4n) is 1.83. The number of nitrogens with two attached hydrogens (primary N) is 1. The van der Waals surface area contributed by atoms with E-state index in [-0.39, 0.29) is 22.8 Å². The van der Waals surface area contributed by atoms with Crippen molar-refractivity contribution in [1.29, 1.82) is 0 Å². The summed E-state index contributed by atoms with van der Waals surface area (Å²) < 4.78 is 43.4. The summed E-state index contributed by atoms with van der Waals surface area (Å²) >= 11 is 0. The Morgan fingerprint density at radius 1 is 1.22 bits per heavy atom. The van der Waals surface area contributed by atoms with Crippen molar-refractivity contribution in [2.75, 3.05) is 7.11 Å². The molecule has 0 bridgehead atoms. The minimum atomic E-state index is -4.54. The van der Waals surface area contributed by atoms with Crippen LogP contribution in [0.1, 0.15) is 21.5 Å². The third-order valence-electron chi connectivity index (χ3n) is 2.91. The van der Waals surface area contributed by atoms with Crippen LogP contribution >= 0.6 is 0 Å². The number of hydrogen-bond acceptors (Lipinski definition) is 4. The van der Waals surface area contributed by atoms with Crippen LogP contribution in [0.3, 0.4) is 0 Å². The molecule has 1 aromatic carbocycles. The lowest BCUT2D eigenvalue weighted by molar-refractivity contribution is -0.137. The summed E-state index contributed by atoms with van der Waals surface area (Å²) in [6.07, 6.45) is -3.34. The molecule has 0 aliphatic carbocycles. The van der Waals surface area contributed by atoms with Crippen molar-refractivity contribution in [2.24, 2.45) is 10.7 Å². The van der Waals surface area contributed by atoms with Crippen molar-refractivity contribution in [3.8, 4) is 0 Å². The second-order valence-corrected chi connectivity index (χ2v) is 4.44. The van der Waals surface area contributed by atoms with Crippen LogP contribution in [0.15, 0.2) is 47.6 Å². The third kappa shape index (κ3) is 3.85. The number of ether oxygens (including phenoxy) is 1. The summed E-state index contributed by atoms with van der Waals surface area (Å²) in [5.41, 5.74) is 4.74. The van der Waals surface area contributed by atoms with E-state index in [9.17, 15) is 18.0 Å². The number of hydrogen-bond donors (Lipinski definition) is 1. The monoisotopic (exact) mass is 323 g/mol. The van der Waals surface area contributed by atoms with Crippen molar-refractivity contribution in [3.63, 3.8) is 0 Å². The van der Waals surface area contributed by atoms with Gasteiger partial charge in [0.2, 0.25) is 0 Å². The van der Waals surface area contributed by atoms with Crippen LogP contribution in [-0.4, -0.2) is 23.9 Å². The molecule has 0 aliphatic rings. The quantitative estimate of drug-likeness (QED) is 0.535. The van der Waals surface area contributed by atoms with Gasteiger partial charge in [-0.2, -0.15) is 13.2 Å². The molecule has 0 fully saturated rings. The number of aromatic nitrogens is 1. The molecule has 23 heavy (non-hydrogen) atoms. The van der Waals surface area contributed by atoms with Crippen LogP contribution in [-0.2, 0) is 10.9 Å². The van der Waals surface area contributed by atoms with Gasteiger partial charge in [0.25, 0.3) is 0 Å². The summed E-state index contributed by atoms with van der Waals surface area (Å²) in [5.74, 6) is -0.827. The lowest BCUT2D eigenvalue weighted by Crippen LogP contribution is -2.19. The van der Waals surface area contributed by atoms with Gasteiger partial charge in [0, 0.05) is 11.8 Å². The van der Waals surface area contributed by atoms with Crippen molar-refractivity contribution in [1.82, 2.24) is 4.98 Å². The Morgan fingerprint density at radius 3 is 2.48 bits per heavy atom. The Labute approximate surface area is 129 Å². The molecule has 8 heteroatoms. The largest absolute Gasteiger partial charge is 0.465 e. The number of rotatable bonds is 3. The Balaban J connectivity index is 2.36. The van der Waals surface area contributed by atoms with Gasteiger partial charge in [0.15, 0.2) is 5.82 Å². The summed E-state index contributed by atoms with van der Waals surface area (Å²) in [7, 11) is 1.22. The molecule has 2 N–H and O–H groups in total. The van der Waals surface area contributed by atoms with Crippen LogP contribution in [0, 0.1) is 0 Å². The average molecular weight is 323 g/mol. The van der Waals surface area contributed by atoms with Crippen molar-refractivity contribution >= 4 is 17.6 Å². The lowest BCUT2D eigenvalue weighted by atomic mass is 10.1. The van der Waals surface area contributed by atoms with Crippen molar-refractivity contribution in [3.05, 3.63) is 59.3 Å². The van der Waals surface area contributed by atoms with Crippen LogP contribution in [0.25, 0.3) is 0 Å². The highest BCUT2D eigenvalue weighted by molar-refractivity contribution is 6.00. The predicted octanol–water partition coefficient (Wildman–Crippen LogP) is 2.92. The molecule has 5 nitrogen and oxygen atoms in total. The molecule has 2 rings (SSSR count). The third-order valence-corrected chi connectivity index (χ3v) is 2.91. The first-order chi connectivity index (χ1) is 10.8. The summed E-state index contributed by atoms with van der Waals surface area (Å²) in [6, 6.07) is 7.59. The zero-order valence-electron chi connectivity index (χ0n) is 12.0. The topological polar surface area (TPSA) is 77.6 Å². The molecule has 1 aromatic heterocycles. The number of carbonyl (C=O) groups excluding carboxylic acids is 1. The van der Waals surface area contributed by atoms with Crippen LogP contribution in [0.4, 0.5) is 19.0 Å². The molecule has 0 saturated carbocycles. The number of methoxy groups -OCH3 is 1. The molecule has 0 aliphatic heterocycles. The second-order valence-electron chi connectivity index (χ2n) is 4.44. The van der Waals surface area contributed by atoms with E-state index in [4.69, 9.17) is 5.73 Å². The van der Waals surface area contributed by atoms with E-state index in [2.05, 4.69) is 14.7 Å². The van der Waals surface area contributed by atoms with Gasteiger partial charge in [-0.15, -0.1) is 0 Å². The maximum absolute atomic E-state index is 13.0. The van der Waals surface area contributed by atoms with Crippen LogP contribution in [0.5, 0.6) is 0 Å². The fourth-order valence-corrected chi connectivity index (χ4v) is 1.83. The van der Waals surface area contributed by atoms with E-state index in [1.54, 1.807) is 0 Å². The smallest absolute Gasteiger partial charge is 0.417 e. The van der Waals surface area contributed by atoms with E-state index in [0.717, 1.165) is 6.07 Å². The highest BCUT2D eigenvalue weighted by Gasteiger charge is 2.33. The van der Waals surface area contributed by atoms with Gasteiger partial charge in [0.1, 0.15) is 5.84 Å². The summed E-state index contributed by atoms with van der Waals surface area (Å²) in [6.45, 7) is 0. The maximum atomic E-state index is 13.0. The number of benzene rings is 1. The molecule has 2 aromatic rings. The van der Waals surface area contributed by atoms with Crippen LogP contribution < -0.4 is 5.73 Å². The van der Waals surface area contributed by atoms with Gasteiger partial charge in [-0.3, -0.25) is 0 Å². The Kier molecular flexibility index (Phi) is 4.63. The normalized spacial score (nSPS) is 12.1. The number of pyridine rings is 1. The van der Waals surface area contributed by atoms with Gasteiger partial charge >= 0.3 is 12.1 Å². The minimum Gasteiger partial charge on any atom is -0.465 e. The highest BCUT2D eigenvalue weighted by atomic mass is 19.4. The number of carbonyl (C=O) groups is 1. The minimum absolute atomic E-state index is 0.0760. The number of esters is 1. The van der Waals surface area contributed by atoms with Gasteiger partial charge < -0.3 is 10.5 Å². The Bertz CT molecular complexity index is 740. The van der Waals surface area contributed by atoms with E-state index in [1.807, 2.05) is 0 Å². The number of alkyl halides is 3. The zero-order chi connectivity index (χ0) is 17.0. The Hall–Kier alpha value is -2.90.